The molecule has 0 aliphatic carbocycles. The van der Waals surface area contributed by atoms with Crippen LogP contribution < -0.4 is 5.32 Å². The Balaban J connectivity index is 1.73. The van der Waals surface area contributed by atoms with Gasteiger partial charge in [-0.25, -0.2) is 12.9 Å². The number of nitrogens with one attached hydrogen (secondary N) is 1. The van der Waals surface area contributed by atoms with E-state index in [2.05, 4.69) is 46.4 Å². The first kappa shape index (κ1) is 22.6. The highest BCUT2D eigenvalue weighted by Crippen LogP contribution is 2.33. The van der Waals surface area contributed by atoms with Gasteiger partial charge in [0.05, 0.1) is 22.9 Å². The van der Waals surface area contributed by atoms with Gasteiger partial charge in [-0.15, -0.1) is 0 Å². The van der Waals surface area contributed by atoms with Crippen LogP contribution in [0.5, 0.6) is 0 Å². The summed E-state index contributed by atoms with van der Waals surface area (Å²) in [4.78, 5) is 6.46. The van der Waals surface area contributed by atoms with E-state index in [-0.39, 0.29) is 5.82 Å². The Hall–Kier alpha value is -2.61. The van der Waals surface area contributed by atoms with Crippen LogP contribution in [0.25, 0.3) is 11.3 Å². The normalized spacial score (nSPS) is 14.9. The standard InChI is InChI=1S/C25H29FN4OS/c1-17-19(15-29(2)3)12-21(13-23(17)24-9-8-20(26)14-27-24)28-25-7-5-6-18-16-30(32(4)31)11-10-22(18)25/h5-9,12-14,28H,10-11,15-16H2,1-4H3. The summed E-state index contributed by atoms with van der Waals surface area (Å²) >= 11 is 0. The summed E-state index contributed by atoms with van der Waals surface area (Å²) in [6.07, 6.45) is 3.84. The Bertz CT molecular complexity index is 1150. The van der Waals surface area contributed by atoms with Crippen molar-refractivity contribution < 1.29 is 8.60 Å². The SMILES string of the molecule is Cc1c(CN(C)C)cc(Nc2cccc3c2CCN(S(C)=O)C3)cc1-c1ccc(F)cn1. The first-order valence-corrected chi connectivity index (χ1v) is 12.2. The zero-order chi connectivity index (χ0) is 22.8. The van der Waals surface area contributed by atoms with Crippen LogP contribution in [0.15, 0.2) is 48.7 Å². The Kier molecular flexibility index (Phi) is 6.69. The largest absolute Gasteiger partial charge is 0.355 e. The van der Waals surface area contributed by atoms with E-state index in [0.29, 0.717) is 6.54 Å². The Morgan fingerprint density at radius 3 is 2.72 bits per heavy atom. The van der Waals surface area contributed by atoms with Crippen LogP contribution in [0.2, 0.25) is 0 Å². The average Bonchev–Trinajstić information content (AvgIpc) is 2.76. The van der Waals surface area contributed by atoms with E-state index in [0.717, 1.165) is 47.7 Å². The van der Waals surface area contributed by atoms with Crippen molar-refractivity contribution in [2.24, 2.45) is 0 Å². The number of nitrogens with zero attached hydrogens (tertiary/aromatic N) is 3. The highest BCUT2D eigenvalue weighted by atomic mass is 32.2. The van der Waals surface area contributed by atoms with E-state index >= 15 is 0 Å². The lowest BCUT2D eigenvalue weighted by molar-refractivity contribution is 0.401. The van der Waals surface area contributed by atoms with Gasteiger partial charge in [0.25, 0.3) is 0 Å². The summed E-state index contributed by atoms with van der Waals surface area (Å²) in [6.45, 7) is 4.35. The number of aromatic nitrogens is 1. The molecule has 168 valence electrons. The van der Waals surface area contributed by atoms with Crippen molar-refractivity contribution >= 4 is 22.4 Å². The monoisotopic (exact) mass is 452 g/mol. The minimum Gasteiger partial charge on any atom is -0.355 e. The molecule has 0 bridgehead atoms. The van der Waals surface area contributed by atoms with Gasteiger partial charge >= 0.3 is 0 Å². The molecular formula is C25H29FN4OS. The lowest BCUT2D eigenvalue weighted by Gasteiger charge is -2.28. The van der Waals surface area contributed by atoms with Gasteiger partial charge in [-0.05, 0) is 80.0 Å². The molecule has 1 N–H and O–H groups in total. The van der Waals surface area contributed by atoms with Gasteiger partial charge in [-0.2, -0.15) is 0 Å². The van der Waals surface area contributed by atoms with Gasteiger partial charge < -0.3 is 10.2 Å². The van der Waals surface area contributed by atoms with E-state index in [4.69, 9.17) is 0 Å². The lowest BCUT2D eigenvalue weighted by Crippen LogP contribution is -2.31. The second kappa shape index (κ2) is 9.48. The van der Waals surface area contributed by atoms with E-state index < -0.39 is 11.0 Å². The molecular weight excluding hydrogens is 423 g/mol. The second-order valence-electron chi connectivity index (χ2n) is 8.51. The van der Waals surface area contributed by atoms with Crippen LogP contribution in [0.4, 0.5) is 15.8 Å². The maximum absolute atomic E-state index is 13.5. The number of pyridine rings is 1. The van der Waals surface area contributed by atoms with Gasteiger partial charge in [0.1, 0.15) is 5.82 Å². The fourth-order valence-corrected chi connectivity index (χ4v) is 4.90. The molecule has 1 unspecified atom stereocenters. The topological polar surface area (TPSA) is 48.5 Å². The summed E-state index contributed by atoms with van der Waals surface area (Å²) in [5.74, 6) is -0.341. The summed E-state index contributed by atoms with van der Waals surface area (Å²) < 4.78 is 27.4. The number of halogens is 1. The molecule has 3 aromatic rings. The van der Waals surface area contributed by atoms with Crippen molar-refractivity contribution in [2.45, 2.75) is 26.4 Å². The first-order chi connectivity index (χ1) is 15.3. The van der Waals surface area contributed by atoms with Gasteiger partial charge in [0.2, 0.25) is 0 Å². The molecule has 1 aromatic heterocycles. The zero-order valence-corrected chi connectivity index (χ0v) is 19.8. The molecule has 5 nitrogen and oxygen atoms in total. The van der Waals surface area contributed by atoms with Crippen molar-refractivity contribution in [1.29, 1.82) is 0 Å². The predicted octanol–water partition coefficient (Wildman–Crippen LogP) is 4.65. The van der Waals surface area contributed by atoms with Crippen LogP contribution in [0, 0.1) is 12.7 Å². The maximum Gasteiger partial charge on any atom is 0.141 e. The molecule has 0 radical (unpaired) electrons. The average molecular weight is 453 g/mol. The van der Waals surface area contributed by atoms with E-state index in [1.165, 1.54) is 29.0 Å². The summed E-state index contributed by atoms with van der Waals surface area (Å²) in [5, 5.41) is 3.62. The Morgan fingerprint density at radius 1 is 1.22 bits per heavy atom. The van der Waals surface area contributed by atoms with Gasteiger partial charge in [-0.3, -0.25) is 4.98 Å². The third kappa shape index (κ3) is 4.90. The molecule has 32 heavy (non-hydrogen) atoms. The maximum atomic E-state index is 13.5. The molecule has 7 heteroatoms. The molecule has 1 atom stereocenters. The molecule has 1 aliphatic rings. The molecule has 0 saturated heterocycles. The molecule has 0 amide bonds. The van der Waals surface area contributed by atoms with Crippen molar-refractivity contribution in [3.8, 4) is 11.3 Å². The van der Waals surface area contributed by atoms with Crippen molar-refractivity contribution in [3.63, 3.8) is 0 Å². The number of hydrogen-bond donors (Lipinski definition) is 1. The van der Waals surface area contributed by atoms with Crippen LogP contribution in [0.1, 0.15) is 22.3 Å². The summed E-state index contributed by atoms with van der Waals surface area (Å²) in [7, 11) is 3.13. The second-order valence-corrected chi connectivity index (χ2v) is 9.88. The molecule has 4 rings (SSSR count). The molecule has 2 aromatic carbocycles. The fraction of sp³-hybridized carbons (Fsp3) is 0.320. The predicted molar refractivity (Wildman–Crippen MR) is 130 cm³/mol. The number of fused-ring (bicyclic) bond motifs is 1. The minimum atomic E-state index is -0.967. The van der Waals surface area contributed by atoms with Crippen LogP contribution in [-0.4, -0.2) is 45.3 Å². The number of benzene rings is 2. The Labute approximate surface area is 191 Å². The molecule has 0 spiro atoms. The smallest absolute Gasteiger partial charge is 0.141 e. The summed E-state index contributed by atoms with van der Waals surface area (Å²) in [6, 6.07) is 13.7. The van der Waals surface area contributed by atoms with E-state index in [1.807, 2.05) is 24.5 Å². The zero-order valence-electron chi connectivity index (χ0n) is 19.0. The number of hydrogen-bond acceptors (Lipinski definition) is 4. The highest BCUT2D eigenvalue weighted by Gasteiger charge is 2.21. The fourth-order valence-electron chi connectivity index (χ4n) is 4.23. The molecule has 2 heterocycles. The van der Waals surface area contributed by atoms with E-state index in [1.54, 1.807) is 12.3 Å². The van der Waals surface area contributed by atoms with Crippen molar-refractivity contribution in [3.05, 3.63) is 76.7 Å². The third-order valence-electron chi connectivity index (χ3n) is 5.88. The third-order valence-corrected chi connectivity index (χ3v) is 6.92. The number of rotatable bonds is 6. The minimum absolute atomic E-state index is 0.341. The van der Waals surface area contributed by atoms with Crippen molar-refractivity contribution in [2.75, 3.05) is 32.2 Å². The summed E-state index contributed by atoms with van der Waals surface area (Å²) in [5.41, 5.74) is 8.60. The van der Waals surface area contributed by atoms with Gasteiger partial charge in [0, 0.05) is 42.8 Å². The highest BCUT2D eigenvalue weighted by molar-refractivity contribution is 7.81. The van der Waals surface area contributed by atoms with Gasteiger partial charge in [-0.1, -0.05) is 12.1 Å². The van der Waals surface area contributed by atoms with E-state index in [9.17, 15) is 8.60 Å². The van der Waals surface area contributed by atoms with Gasteiger partial charge in [0.15, 0.2) is 0 Å². The molecule has 0 fully saturated rings. The Morgan fingerprint density at radius 2 is 2.03 bits per heavy atom. The van der Waals surface area contributed by atoms with Crippen molar-refractivity contribution in [1.82, 2.24) is 14.2 Å². The molecule has 1 aliphatic heterocycles. The molecule has 0 saturated carbocycles. The first-order valence-electron chi connectivity index (χ1n) is 10.7. The van der Waals surface area contributed by atoms with Crippen LogP contribution in [0.3, 0.4) is 0 Å². The van der Waals surface area contributed by atoms with Crippen LogP contribution in [-0.2, 0) is 30.5 Å². The quantitative estimate of drug-likeness (QED) is 0.591. The number of anilines is 2. The lowest BCUT2D eigenvalue weighted by atomic mass is 9.96. The van der Waals surface area contributed by atoms with Crippen LogP contribution >= 0.6 is 0 Å².